The number of pyridine rings is 1. The summed E-state index contributed by atoms with van der Waals surface area (Å²) in [4.78, 5) is 27.9. The fraction of sp³-hybridized carbons (Fsp3) is 0.304. The number of carbonyl (C=O) groups excluding carboxylic acids is 2. The molecule has 1 atom stereocenters. The molecular weight excluding hydrogens is 394 g/mol. The second-order valence-electron chi connectivity index (χ2n) is 7.77. The van der Waals surface area contributed by atoms with E-state index in [2.05, 4.69) is 15.4 Å². The molecule has 2 aromatic heterocycles. The zero-order valence-corrected chi connectivity index (χ0v) is 17.6. The highest BCUT2D eigenvalue weighted by Crippen LogP contribution is 2.38. The van der Waals surface area contributed by atoms with Gasteiger partial charge in [-0.25, -0.2) is 0 Å². The predicted octanol–water partition coefficient (Wildman–Crippen LogP) is 2.17. The Hall–Kier alpha value is -3.68. The minimum Gasteiger partial charge on any atom is -0.487 e. The molecule has 2 amide bonds. The summed E-state index contributed by atoms with van der Waals surface area (Å²) in [6.07, 6.45) is 4.03. The highest BCUT2D eigenvalue weighted by molar-refractivity contribution is 5.94. The fourth-order valence-electron chi connectivity index (χ4n) is 3.83. The van der Waals surface area contributed by atoms with Crippen LogP contribution in [0.2, 0.25) is 0 Å². The van der Waals surface area contributed by atoms with E-state index >= 15 is 0 Å². The number of fused-ring (bicyclic) bond motifs is 1. The van der Waals surface area contributed by atoms with Crippen molar-refractivity contribution in [3.05, 3.63) is 65.2 Å². The number of ether oxygens (including phenoxy) is 1. The van der Waals surface area contributed by atoms with Crippen molar-refractivity contribution in [2.45, 2.75) is 39.3 Å². The SMILES string of the molecule is Cc1cc(C)n(CCC(=O)NCC2Cc3cccc(-c4cncc(C(N)=O)c4)c3O2)n1. The number of primary amides is 1. The predicted molar refractivity (Wildman–Crippen MR) is 116 cm³/mol. The van der Waals surface area contributed by atoms with Gasteiger partial charge in [-0.05, 0) is 31.5 Å². The molecule has 8 nitrogen and oxygen atoms in total. The maximum Gasteiger partial charge on any atom is 0.250 e. The van der Waals surface area contributed by atoms with Crippen LogP contribution in [0.15, 0.2) is 42.7 Å². The third-order valence-corrected chi connectivity index (χ3v) is 5.34. The van der Waals surface area contributed by atoms with Gasteiger partial charge in [0.2, 0.25) is 11.8 Å². The molecule has 0 fully saturated rings. The van der Waals surface area contributed by atoms with Crippen LogP contribution in [0.4, 0.5) is 0 Å². The number of aromatic nitrogens is 3. The molecule has 0 saturated carbocycles. The topological polar surface area (TPSA) is 112 Å². The summed E-state index contributed by atoms with van der Waals surface area (Å²) in [5.41, 5.74) is 10.4. The molecule has 1 aliphatic rings. The second kappa shape index (κ2) is 8.59. The number of hydrogen-bond donors (Lipinski definition) is 2. The Morgan fingerprint density at radius 1 is 1.26 bits per heavy atom. The fourth-order valence-corrected chi connectivity index (χ4v) is 3.83. The third kappa shape index (κ3) is 4.58. The van der Waals surface area contributed by atoms with Crippen LogP contribution in [-0.4, -0.2) is 39.2 Å². The van der Waals surface area contributed by atoms with Gasteiger partial charge in [-0.2, -0.15) is 5.10 Å². The first-order valence-electron chi connectivity index (χ1n) is 10.2. The van der Waals surface area contributed by atoms with Gasteiger partial charge in [0.15, 0.2) is 0 Å². The number of amides is 2. The lowest BCUT2D eigenvalue weighted by molar-refractivity contribution is -0.121. The Kier molecular flexibility index (Phi) is 5.70. The van der Waals surface area contributed by atoms with E-state index in [4.69, 9.17) is 10.5 Å². The molecule has 1 aromatic carbocycles. The van der Waals surface area contributed by atoms with Gasteiger partial charge in [0.1, 0.15) is 11.9 Å². The number of nitrogens with two attached hydrogens (primary N) is 1. The van der Waals surface area contributed by atoms with E-state index in [1.165, 1.54) is 6.20 Å². The Morgan fingerprint density at radius 3 is 2.84 bits per heavy atom. The molecule has 160 valence electrons. The van der Waals surface area contributed by atoms with Crippen molar-refractivity contribution in [3.8, 4) is 16.9 Å². The van der Waals surface area contributed by atoms with E-state index in [-0.39, 0.29) is 12.0 Å². The van der Waals surface area contributed by atoms with Gasteiger partial charge < -0.3 is 15.8 Å². The summed E-state index contributed by atoms with van der Waals surface area (Å²) >= 11 is 0. The van der Waals surface area contributed by atoms with Crippen LogP contribution < -0.4 is 15.8 Å². The molecule has 3 N–H and O–H groups in total. The number of hydrogen-bond acceptors (Lipinski definition) is 5. The zero-order valence-electron chi connectivity index (χ0n) is 17.6. The van der Waals surface area contributed by atoms with Crippen LogP contribution in [0.3, 0.4) is 0 Å². The van der Waals surface area contributed by atoms with E-state index < -0.39 is 5.91 Å². The average Bonchev–Trinajstić information content (AvgIpc) is 3.32. The maximum absolute atomic E-state index is 12.3. The summed E-state index contributed by atoms with van der Waals surface area (Å²) in [7, 11) is 0. The number of aryl methyl sites for hydroxylation is 3. The van der Waals surface area contributed by atoms with Gasteiger partial charge in [0, 0.05) is 48.6 Å². The molecule has 0 spiro atoms. The first kappa shape index (κ1) is 20.6. The Bertz CT molecular complexity index is 1140. The number of carbonyl (C=O) groups is 2. The number of benzene rings is 1. The van der Waals surface area contributed by atoms with Gasteiger partial charge in [-0.15, -0.1) is 0 Å². The van der Waals surface area contributed by atoms with Crippen LogP contribution in [0, 0.1) is 13.8 Å². The molecule has 0 radical (unpaired) electrons. The quantitative estimate of drug-likeness (QED) is 0.610. The zero-order chi connectivity index (χ0) is 22.0. The van der Waals surface area contributed by atoms with Crippen molar-refractivity contribution < 1.29 is 14.3 Å². The Balaban J connectivity index is 1.37. The molecule has 0 saturated heterocycles. The normalized spacial score (nSPS) is 14.7. The van der Waals surface area contributed by atoms with Crippen molar-refractivity contribution in [2.24, 2.45) is 5.73 Å². The van der Waals surface area contributed by atoms with Crippen molar-refractivity contribution in [2.75, 3.05) is 6.54 Å². The molecular formula is C23H25N5O3. The summed E-state index contributed by atoms with van der Waals surface area (Å²) in [6, 6.07) is 9.59. The Labute approximate surface area is 180 Å². The lowest BCUT2D eigenvalue weighted by Crippen LogP contribution is -2.34. The van der Waals surface area contributed by atoms with E-state index in [9.17, 15) is 9.59 Å². The first-order valence-corrected chi connectivity index (χ1v) is 10.2. The van der Waals surface area contributed by atoms with Crippen molar-refractivity contribution in [1.29, 1.82) is 0 Å². The van der Waals surface area contributed by atoms with Crippen molar-refractivity contribution >= 4 is 11.8 Å². The van der Waals surface area contributed by atoms with Gasteiger partial charge in [-0.1, -0.05) is 18.2 Å². The number of nitrogens with zero attached hydrogens (tertiary/aromatic N) is 3. The van der Waals surface area contributed by atoms with Crippen molar-refractivity contribution in [1.82, 2.24) is 20.1 Å². The average molecular weight is 419 g/mol. The lowest BCUT2D eigenvalue weighted by Gasteiger charge is -2.14. The molecule has 1 aliphatic heterocycles. The second-order valence-corrected chi connectivity index (χ2v) is 7.77. The van der Waals surface area contributed by atoms with E-state index in [1.54, 1.807) is 12.3 Å². The van der Waals surface area contributed by atoms with Gasteiger partial charge in [0.25, 0.3) is 0 Å². The van der Waals surface area contributed by atoms with E-state index in [0.29, 0.717) is 31.5 Å². The molecule has 4 rings (SSSR count). The largest absolute Gasteiger partial charge is 0.487 e. The molecule has 1 unspecified atom stereocenters. The summed E-state index contributed by atoms with van der Waals surface area (Å²) in [6.45, 7) is 4.88. The number of nitrogens with one attached hydrogen (secondary N) is 1. The standard InChI is InChI=1S/C23H25N5O3/c1-14-8-15(2)28(27-14)7-6-21(29)26-13-19-10-16-4-3-5-20(22(16)31-19)17-9-18(23(24)30)12-25-11-17/h3-5,8-9,11-12,19H,6-7,10,13H2,1-2H3,(H2,24,30)(H,26,29). The monoisotopic (exact) mass is 419 g/mol. The summed E-state index contributed by atoms with van der Waals surface area (Å²) in [5, 5.41) is 7.34. The molecule has 3 heterocycles. The minimum atomic E-state index is -0.524. The van der Waals surface area contributed by atoms with E-state index in [0.717, 1.165) is 33.8 Å². The summed E-state index contributed by atoms with van der Waals surface area (Å²) < 4.78 is 8.00. The smallest absolute Gasteiger partial charge is 0.250 e. The van der Waals surface area contributed by atoms with Crippen LogP contribution in [0.25, 0.3) is 11.1 Å². The first-order chi connectivity index (χ1) is 14.9. The molecule has 31 heavy (non-hydrogen) atoms. The minimum absolute atomic E-state index is 0.0364. The van der Waals surface area contributed by atoms with Gasteiger partial charge in [0.05, 0.1) is 17.8 Å². The van der Waals surface area contributed by atoms with Gasteiger partial charge in [-0.3, -0.25) is 19.3 Å². The van der Waals surface area contributed by atoms with Crippen LogP contribution >= 0.6 is 0 Å². The van der Waals surface area contributed by atoms with E-state index in [1.807, 2.05) is 42.8 Å². The molecule has 0 bridgehead atoms. The molecule has 8 heteroatoms. The van der Waals surface area contributed by atoms with Crippen molar-refractivity contribution in [3.63, 3.8) is 0 Å². The number of rotatable bonds is 7. The highest BCUT2D eigenvalue weighted by atomic mass is 16.5. The highest BCUT2D eigenvalue weighted by Gasteiger charge is 2.26. The summed E-state index contributed by atoms with van der Waals surface area (Å²) in [5.74, 6) is 0.197. The van der Waals surface area contributed by atoms with Crippen LogP contribution in [0.1, 0.15) is 33.7 Å². The Morgan fingerprint density at radius 2 is 2.10 bits per heavy atom. The van der Waals surface area contributed by atoms with Crippen LogP contribution in [-0.2, 0) is 17.8 Å². The lowest BCUT2D eigenvalue weighted by atomic mass is 10.0. The molecule has 0 aliphatic carbocycles. The van der Waals surface area contributed by atoms with Crippen LogP contribution in [0.5, 0.6) is 5.75 Å². The number of para-hydroxylation sites is 1. The third-order valence-electron chi connectivity index (χ3n) is 5.34. The molecule has 3 aromatic rings. The van der Waals surface area contributed by atoms with Gasteiger partial charge >= 0.3 is 0 Å². The maximum atomic E-state index is 12.3.